The minimum Gasteiger partial charge on any atom is -0.388 e. The first-order valence-electron chi connectivity index (χ1n) is 5.95. The molecule has 1 amide bonds. The highest BCUT2D eigenvalue weighted by Gasteiger charge is 2.33. The lowest BCUT2D eigenvalue weighted by Crippen LogP contribution is -2.40. The van der Waals surface area contributed by atoms with Gasteiger partial charge < -0.3 is 15.3 Å². The van der Waals surface area contributed by atoms with Gasteiger partial charge >= 0.3 is 0 Å². The molecule has 1 atom stereocenters. The van der Waals surface area contributed by atoms with E-state index in [2.05, 4.69) is 26.1 Å². The fourth-order valence-electron chi connectivity index (χ4n) is 1.86. The summed E-state index contributed by atoms with van der Waals surface area (Å²) in [4.78, 5) is 13.5. The van der Waals surface area contributed by atoms with Gasteiger partial charge in [-0.3, -0.25) is 4.79 Å². The number of aliphatic hydroxyl groups is 1. The molecule has 0 bridgehead atoms. The van der Waals surface area contributed by atoms with Gasteiger partial charge in [0.15, 0.2) is 0 Å². The van der Waals surface area contributed by atoms with Crippen molar-refractivity contribution >= 4 is 5.91 Å². The van der Waals surface area contributed by atoms with Gasteiger partial charge in [-0.25, -0.2) is 0 Å². The smallest absolute Gasteiger partial charge is 0.223 e. The first kappa shape index (κ1) is 13.5. The van der Waals surface area contributed by atoms with E-state index in [4.69, 9.17) is 0 Å². The van der Waals surface area contributed by atoms with Crippen molar-refractivity contribution in [3.63, 3.8) is 0 Å². The number of rotatable bonds is 3. The summed E-state index contributed by atoms with van der Waals surface area (Å²) >= 11 is 0. The molecular weight excluding hydrogens is 204 g/mol. The average Bonchev–Trinajstić information content (AvgIpc) is 2.43. The number of hydrogen-bond donors (Lipinski definition) is 2. The molecule has 1 fully saturated rings. The lowest BCUT2D eigenvalue weighted by atomic mass is 10.1. The molecule has 0 aromatic heterocycles. The Bertz CT molecular complexity index is 256. The summed E-state index contributed by atoms with van der Waals surface area (Å²) in [6, 6.07) is 0. The van der Waals surface area contributed by atoms with Crippen LogP contribution in [0.2, 0.25) is 0 Å². The van der Waals surface area contributed by atoms with Gasteiger partial charge in [0.05, 0.1) is 5.60 Å². The maximum absolute atomic E-state index is 11.8. The molecule has 1 saturated heterocycles. The van der Waals surface area contributed by atoms with E-state index in [1.165, 1.54) is 0 Å². The summed E-state index contributed by atoms with van der Waals surface area (Å²) in [6.45, 7) is 9.88. The summed E-state index contributed by atoms with van der Waals surface area (Å²) in [5, 5.41) is 13.0. The molecule has 0 aromatic carbocycles. The minimum absolute atomic E-state index is 0.0524. The third-order valence-corrected chi connectivity index (χ3v) is 2.80. The van der Waals surface area contributed by atoms with Crippen molar-refractivity contribution in [2.24, 2.45) is 0 Å². The van der Waals surface area contributed by atoms with Gasteiger partial charge in [-0.05, 0) is 34.1 Å². The third-order valence-electron chi connectivity index (χ3n) is 2.80. The highest BCUT2D eigenvalue weighted by Crippen LogP contribution is 2.20. The van der Waals surface area contributed by atoms with Crippen LogP contribution in [0, 0.1) is 0 Å². The molecule has 16 heavy (non-hydrogen) atoms. The van der Waals surface area contributed by atoms with E-state index in [9.17, 15) is 9.90 Å². The van der Waals surface area contributed by atoms with E-state index in [1.807, 2.05) is 0 Å². The number of likely N-dealkylation sites (tertiary alicyclic amines) is 1. The molecular formula is C12H24N2O2. The zero-order valence-corrected chi connectivity index (χ0v) is 10.8. The van der Waals surface area contributed by atoms with Crippen LogP contribution in [0.15, 0.2) is 0 Å². The standard InChI is InChI=1S/C12H24N2O2/c1-11(2,3)13-7-5-10(15)14-8-6-12(4,16)9-14/h13,16H,5-9H2,1-4H3. The molecule has 1 heterocycles. The normalized spacial score (nSPS) is 26.2. The molecule has 1 aliphatic rings. The highest BCUT2D eigenvalue weighted by molar-refractivity contribution is 5.76. The van der Waals surface area contributed by atoms with Crippen molar-refractivity contribution in [3.05, 3.63) is 0 Å². The molecule has 0 saturated carbocycles. The van der Waals surface area contributed by atoms with Gasteiger partial charge in [0.25, 0.3) is 0 Å². The minimum atomic E-state index is -0.687. The zero-order valence-electron chi connectivity index (χ0n) is 10.8. The lowest BCUT2D eigenvalue weighted by molar-refractivity contribution is -0.131. The molecule has 0 spiro atoms. The topological polar surface area (TPSA) is 52.6 Å². The van der Waals surface area contributed by atoms with Crippen LogP contribution in [-0.4, -0.2) is 46.7 Å². The number of nitrogens with one attached hydrogen (secondary N) is 1. The van der Waals surface area contributed by atoms with Gasteiger partial charge in [0, 0.05) is 31.6 Å². The number of β-amino-alcohol motifs (C(OH)–C–C–N with tert-alkyl or cyclic N) is 1. The molecule has 4 heteroatoms. The van der Waals surface area contributed by atoms with E-state index in [0.717, 1.165) is 0 Å². The molecule has 0 radical (unpaired) electrons. The van der Waals surface area contributed by atoms with Crippen molar-refractivity contribution in [1.29, 1.82) is 0 Å². The Labute approximate surface area is 98.0 Å². The first-order valence-corrected chi connectivity index (χ1v) is 5.95. The Morgan fingerprint density at radius 3 is 2.56 bits per heavy atom. The van der Waals surface area contributed by atoms with E-state index in [0.29, 0.717) is 32.5 Å². The maximum Gasteiger partial charge on any atom is 0.223 e. The fourth-order valence-corrected chi connectivity index (χ4v) is 1.86. The Morgan fingerprint density at radius 2 is 2.12 bits per heavy atom. The van der Waals surface area contributed by atoms with Crippen molar-refractivity contribution in [2.75, 3.05) is 19.6 Å². The molecule has 0 aliphatic carbocycles. The number of nitrogens with zero attached hydrogens (tertiary/aromatic N) is 1. The van der Waals surface area contributed by atoms with Gasteiger partial charge in [-0.1, -0.05) is 0 Å². The highest BCUT2D eigenvalue weighted by atomic mass is 16.3. The summed E-state index contributed by atoms with van der Waals surface area (Å²) in [5.74, 6) is 0.134. The largest absolute Gasteiger partial charge is 0.388 e. The van der Waals surface area contributed by atoms with E-state index in [-0.39, 0.29) is 11.4 Å². The Balaban J connectivity index is 2.27. The van der Waals surface area contributed by atoms with Crippen LogP contribution in [0.4, 0.5) is 0 Å². The van der Waals surface area contributed by atoms with Crippen LogP contribution in [0.5, 0.6) is 0 Å². The van der Waals surface area contributed by atoms with Crippen molar-refractivity contribution < 1.29 is 9.90 Å². The second-order valence-electron chi connectivity index (χ2n) is 5.99. The van der Waals surface area contributed by atoms with Gasteiger partial charge in [0.1, 0.15) is 0 Å². The summed E-state index contributed by atoms with van der Waals surface area (Å²) in [5.41, 5.74) is -0.635. The quantitative estimate of drug-likeness (QED) is 0.749. The number of carbonyl (C=O) groups excluding carboxylic acids is 1. The van der Waals surface area contributed by atoms with Crippen molar-refractivity contribution in [3.8, 4) is 0 Å². The predicted octanol–water partition coefficient (Wildman–Crippen LogP) is 0.748. The Kier molecular flexibility index (Phi) is 3.97. The number of amides is 1. The molecule has 94 valence electrons. The maximum atomic E-state index is 11.8. The zero-order chi connectivity index (χ0) is 12.4. The number of hydrogen-bond acceptors (Lipinski definition) is 3. The third kappa shape index (κ3) is 4.49. The molecule has 0 aromatic rings. The van der Waals surface area contributed by atoms with Crippen LogP contribution in [0.1, 0.15) is 40.5 Å². The summed E-state index contributed by atoms with van der Waals surface area (Å²) in [7, 11) is 0. The summed E-state index contributed by atoms with van der Waals surface area (Å²) < 4.78 is 0. The van der Waals surface area contributed by atoms with Gasteiger partial charge in [-0.2, -0.15) is 0 Å². The second kappa shape index (κ2) is 4.72. The molecule has 1 unspecified atom stereocenters. The average molecular weight is 228 g/mol. The van der Waals surface area contributed by atoms with E-state index >= 15 is 0 Å². The first-order chi connectivity index (χ1) is 7.20. The summed E-state index contributed by atoms with van der Waals surface area (Å²) in [6.07, 6.45) is 1.19. The molecule has 1 aliphatic heterocycles. The van der Waals surface area contributed by atoms with E-state index in [1.54, 1.807) is 11.8 Å². The van der Waals surface area contributed by atoms with Crippen LogP contribution < -0.4 is 5.32 Å². The van der Waals surface area contributed by atoms with Crippen molar-refractivity contribution in [2.45, 2.75) is 51.7 Å². The van der Waals surface area contributed by atoms with Crippen LogP contribution in [-0.2, 0) is 4.79 Å². The van der Waals surface area contributed by atoms with E-state index < -0.39 is 5.60 Å². The molecule has 1 rings (SSSR count). The second-order valence-corrected chi connectivity index (χ2v) is 5.99. The predicted molar refractivity (Wildman–Crippen MR) is 64.2 cm³/mol. The van der Waals surface area contributed by atoms with Crippen LogP contribution in [0.3, 0.4) is 0 Å². The van der Waals surface area contributed by atoms with Crippen LogP contribution >= 0.6 is 0 Å². The molecule has 4 nitrogen and oxygen atoms in total. The van der Waals surface area contributed by atoms with Gasteiger partial charge in [0.2, 0.25) is 5.91 Å². The fraction of sp³-hybridized carbons (Fsp3) is 0.917. The van der Waals surface area contributed by atoms with Crippen molar-refractivity contribution in [1.82, 2.24) is 10.2 Å². The Morgan fingerprint density at radius 1 is 1.50 bits per heavy atom. The molecule has 2 N–H and O–H groups in total. The van der Waals surface area contributed by atoms with Gasteiger partial charge in [-0.15, -0.1) is 0 Å². The lowest BCUT2D eigenvalue weighted by Gasteiger charge is -2.22. The van der Waals surface area contributed by atoms with Crippen LogP contribution in [0.25, 0.3) is 0 Å². The SMILES string of the molecule is CC1(O)CCN(C(=O)CCNC(C)(C)C)C1. The Hall–Kier alpha value is -0.610. The number of carbonyl (C=O) groups is 1. The monoisotopic (exact) mass is 228 g/mol.